The maximum absolute atomic E-state index is 13.4. The van der Waals surface area contributed by atoms with Crippen molar-refractivity contribution in [2.75, 3.05) is 0 Å². The van der Waals surface area contributed by atoms with Crippen molar-refractivity contribution in [2.24, 2.45) is 5.92 Å². The first-order chi connectivity index (χ1) is 19.0. The number of aromatic amines is 1. The Balaban J connectivity index is 1.56. The lowest BCUT2D eigenvalue weighted by atomic mass is 9.99. The molecule has 0 spiro atoms. The van der Waals surface area contributed by atoms with Gasteiger partial charge in [-0.05, 0) is 39.8 Å². The van der Waals surface area contributed by atoms with Crippen molar-refractivity contribution in [1.29, 1.82) is 0 Å². The second-order valence-corrected chi connectivity index (χ2v) is 9.89. The van der Waals surface area contributed by atoms with Crippen LogP contribution in [0.5, 0.6) is 0 Å². The molecule has 0 radical (unpaired) electrons. The van der Waals surface area contributed by atoms with Crippen molar-refractivity contribution in [3.63, 3.8) is 0 Å². The Morgan fingerprint density at radius 3 is 2.33 bits per heavy atom. The number of hydrogen-bond donors (Lipinski definition) is 1. The summed E-state index contributed by atoms with van der Waals surface area (Å²) in [6.45, 7) is 6.45. The number of esters is 1. The summed E-state index contributed by atoms with van der Waals surface area (Å²) in [5, 5.41) is 14.4. The van der Waals surface area contributed by atoms with Crippen LogP contribution in [-0.4, -0.2) is 43.4 Å². The van der Waals surface area contributed by atoms with Crippen LogP contribution in [0.4, 0.5) is 0 Å². The Hall–Kier alpha value is -4.33. The molecule has 0 aliphatic rings. The monoisotopic (exact) mass is 527 g/mol. The summed E-state index contributed by atoms with van der Waals surface area (Å²) in [5.41, 5.74) is 4.68. The zero-order valence-electron chi connectivity index (χ0n) is 22.7. The van der Waals surface area contributed by atoms with Gasteiger partial charge in [0.05, 0.1) is 0 Å². The minimum absolute atomic E-state index is 0.0428. The van der Waals surface area contributed by atoms with Crippen LogP contribution in [0.1, 0.15) is 51.2 Å². The zero-order chi connectivity index (χ0) is 27.6. The Bertz CT molecular complexity index is 1340. The van der Waals surface area contributed by atoms with Crippen molar-refractivity contribution in [3.8, 4) is 22.5 Å². The molecule has 1 aromatic heterocycles. The maximum atomic E-state index is 13.4. The number of carbonyl (C=O) groups excluding carboxylic acids is 2. The Morgan fingerprint density at radius 1 is 0.949 bits per heavy atom. The van der Waals surface area contributed by atoms with E-state index in [1.165, 1.54) is 0 Å². The van der Waals surface area contributed by atoms with Gasteiger partial charge < -0.3 is 9.64 Å². The van der Waals surface area contributed by atoms with Gasteiger partial charge in [0.1, 0.15) is 12.6 Å². The van der Waals surface area contributed by atoms with Crippen molar-refractivity contribution in [1.82, 2.24) is 25.5 Å². The summed E-state index contributed by atoms with van der Waals surface area (Å²) in [5.74, 6) is -0.0146. The van der Waals surface area contributed by atoms with E-state index in [1.807, 2.05) is 92.7 Å². The molecule has 0 fully saturated rings. The molecule has 0 saturated heterocycles. The molecule has 4 aromatic rings. The lowest BCUT2D eigenvalue weighted by Crippen LogP contribution is -2.48. The molecular formula is C31H35N5O3. The first kappa shape index (κ1) is 27.7. The van der Waals surface area contributed by atoms with Gasteiger partial charge in [-0.1, -0.05) is 106 Å². The highest BCUT2D eigenvalue weighted by molar-refractivity contribution is 5.85. The Morgan fingerprint density at radius 2 is 1.67 bits per heavy atom. The van der Waals surface area contributed by atoms with Gasteiger partial charge in [0.15, 0.2) is 0 Å². The van der Waals surface area contributed by atoms with E-state index in [1.54, 1.807) is 4.90 Å². The van der Waals surface area contributed by atoms with Crippen LogP contribution in [0.2, 0.25) is 0 Å². The van der Waals surface area contributed by atoms with Crippen molar-refractivity contribution in [2.45, 2.75) is 59.2 Å². The van der Waals surface area contributed by atoms with E-state index in [0.717, 1.165) is 40.7 Å². The number of rotatable bonds is 12. The van der Waals surface area contributed by atoms with Crippen molar-refractivity contribution >= 4 is 11.9 Å². The highest BCUT2D eigenvalue weighted by Crippen LogP contribution is 2.30. The standard InChI is InChI=1S/C31H35N5O3/c1-4-5-15-28(37)36(29(22(2)3)31(38)39-21-24-11-7-6-8-12-24)20-23-16-18-25(19-17-23)26-13-9-10-14-27(26)30-32-34-35-33-30/h6-14,16-19,22,29H,4-5,15,20-21H2,1-3H3,(H,32,33,34,35)/t29-/m0/s1/i30+2. The molecule has 39 heavy (non-hydrogen) atoms. The number of H-pyrrole nitrogens is 1. The van der Waals surface area contributed by atoms with Crippen LogP contribution in [0, 0.1) is 5.92 Å². The van der Waals surface area contributed by atoms with E-state index in [0.29, 0.717) is 18.8 Å². The van der Waals surface area contributed by atoms with Crippen LogP contribution < -0.4 is 0 Å². The lowest BCUT2D eigenvalue weighted by molar-refractivity contribution is -0.159. The molecule has 1 N–H and O–H groups in total. The fourth-order valence-electron chi connectivity index (χ4n) is 4.58. The third-order valence-electron chi connectivity index (χ3n) is 6.63. The molecule has 1 heterocycles. The van der Waals surface area contributed by atoms with Crippen molar-refractivity contribution in [3.05, 3.63) is 90.0 Å². The fraction of sp³-hybridized carbons (Fsp3) is 0.323. The van der Waals surface area contributed by atoms with Crippen molar-refractivity contribution < 1.29 is 14.3 Å². The number of tetrazole rings is 1. The SMILES string of the molecule is CCCCC(=O)N(Cc1ccc(-c2ccccc2-[14c]2nn[nH]n2)cc1)[C@H](C(=O)OCc1ccccc1)C(C)C. The van der Waals surface area contributed by atoms with Gasteiger partial charge in [0.25, 0.3) is 0 Å². The van der Waals surface area contributed by atoms with Gasteiger partial charge in [-0.25, -0.2) is 4.79 Å². The summed E-state index contributed by atoms with van der Waals surface area (Å²) >= 11 is 0. The summed E-state index contributed by atoms with van der Waals surface area (Å²) in [6.07, 6.45) is 2.06. The largest absolute Gasteiger partial charge is 0.459 e. The molecule has 8 nitrogen and oxygen atoms in total. The number of nitrogens with one attached hydrogen (secondary N) is 1. The van der Waals surface area contributed by atoms with Gasteiger partial charge in [0.2, 0.25) is 11.7 Å². The van der Waals surface area contributed by atoms with E-state index in [4.69, 9.17) is 4.74 Å². The molecule has 0 unspecified atom stereocenters. The highest BCUT2D eigenvalue weighted by atomic mass is 16.5. The summed E-state index contributed by atoms with van der Waals surface area (Å²) in [7, 11) is 0. The van der Waals surface area contributed by atoms with Gasteiger partial charge in [-0.3, -0.25) is 4.79 Å². The zero-order valence-corrected chi connectivity index (χ0v) is 22.7. The van der Waals surface area contributed by atoms with E-state index < -0.39 is 6.04 Å². The molecule has 8 heteroatoms. The molecular weight excluding hydrogens is 492 g/mol. The highest BCUT2D eigenvalue weighted by Gasteiger charge is 2.33. The molecule has 0 bridgehead atoms. The molecule has 3 aromatic carbocycles. The molecule has 202 valence electrons. The van der Waals surface area contributed by atoms with Crippen LogP contribution in [0.15, 0.2) is 78.9 Å². The third-order valence-corrected chi connectivity index (χ3v) is 6.63. The summed E-state index contributed by atoms with van der Waals surface area (Å²) in [4.78, 5) is 28.4. The number of nitrogens with zero attached hydrogens (tertiary/aromatic N) is 4. The molecule has 1 atom stereocenters. The topological polar surface area (TPSA) is 101 Å². The van der Waals surface area contributed by atoms with Crippen LogP contribution >= 0.6 is 0 Å². The number of hydrogen-bond acceptors (Lipinski definition) is 6. The van der Waals surface area contributed by atoms with Crippen LogP contribution in [0.3, 0.4) is 0 Å². The second kappa shape index (κ2) is 13.5. The van der Waals surface area contributed by atoms with Gasteiger partial charge >= 0.3 is 5.97 Å². The predicted octanol–water partition coefficient (Wildman–Crippen LogP) is 5.82. The lowest BCUT2D eigenvalue weighted by Gasteiger charge is -2.33. The van der Waals surface area contributed by atoms with E-state index >= 15 is 0 Å². The number of carbonyl (C=O) groups is 2. The predicted molar refractivity (Wildman–Crippen MR) is 150 cm³/mol. The average molecular weight is 528 g/mol. The number of unbranched alkanes of at least 4 members (excludes halogenated alkanes) is 1. The summed E-state index contributed by atoms with van der Waals surface area (Å²) in [6, 6.07) is 24.8. The van der Waals surface area contributed by atoms with E-state index in [9.17, 15) is 9.59 Å². The average Bonchev–Trinajstić information content (AvgIpc) is 3.50. The molecule has 0 saturated carbocycles. The molecule has 0 aliphatic heterocycles. The number of amides is 1. The summed E-state index contributed by atoms with van der Waals surface area (Å²) < 4.78 is 5.70. The van der Waals surface area contributed by atoms with E-state index in [2.05, 4.69) is 27.5 Å². The smallest absolute Gasteiger partial charge is 0.329 e. The number of benzene rings is 3. The molecule has 0 aliphatic carbocycles. The maximum Gasteiger partial charge on any atom is 0.329 e. The Labute approximate surface area is 229 Å². The van der Waals surface area contributed by atoms with Crippen LogP contribution in [0.25, 0.3) is 22.5 Å². The third kappa shape index (κ3) is 7.16. The molecule has 1 amide bonds. The first-order valence-corrected chi connectivity index (χ1v) is 13.4. The minimum Gasteiger partial charge on any atom is -0.459 e. The first-order valence-electron chi connectivity index (χ1n) is 13.4. The molecule has 4 rings (SSSR count). The van der Waals surface area contributed by atoms with Gasteiger partial charge in [0, 0.05) is 18.5 Å². The quantitative estimate of drug-likeness (QED) is 0.233. The second-order valence-electron chi connectivity index (χ2n) is 9.89. The number of ether oxygens (including phenoxy) is 1. The fourth-order valence-corrected chi connectivity index (χ4v) is 4.58. The van der Waals surface area contributed by atoms with Crippen LogP contribution in [-0.2, 0) is 27.5 Å². The number of aromatic nitrogens is 4. The van der Waals surface area contributed by atoms with Gasteiger partial charge in [-0.2, -0.15) is 5.21 Å². The Kier molecular flexibility index (Phi) is 9.56. The normalized spacial score (nSPS) is 11.8. The van der Waals surface area contributed by atoms with E-state index in [-0.39, 0.29) is 24.4 Å². The van der Waals surface area contributed by atoms with Gasteiger partial charge in [-0.15, -0.1) is 10.2 Å². The minimum atomic E-state index is -0.684.